The molecule has 0 heterocycles. The van der Waals surface area contributed by atoms with Crippen molar-refractivity contribution in [2.45, 2.75) is 39.3 Å². The van der Waals surface area contributed by atoms with Crippen molar-refractivity contribution >= 4 is 0 Å². The van der Waals surface area contributed by atoms with E-state index in [-0.39, 0.29) is 11.6 Å². The Morgan fingerprint density at radius 1 is 1.05 bits per heavy atom. The van der Waals surface area contributed by atoms with Gasteiger partial charge in [0.2, 0.25) is 0 Å². The van der Waals surface area contributed by atoms with Gasteiger partial charge in [0.05, 0.1) is 20.3 Å². The van der Waals surface area contributed by atoms with Gasteiger partial charge in [-0.3, -0.25) is 4.90 Å². The van der Waals surface area contributed by atoms with Crippen molar-refractivity contribution in [1.82, 2.24) is 10.2 Å². The number of likely N-dealkylation sites (N-methyl/N-ethyl adjacent to an activating group) is 2. The van der Waals surface area contributed by atoms with E-state index < -0.39 is 0 Å². The maximum Gasteiger partial charge on any atom is 0.122 e. The highest BCUT2D eigenvalue weighted by Crippen LogP contribution is 2.34. The highest BCUT2D eigenvalue weighted by atomic mass is 16.5. The topological polar surface area (TPSA) is 33.7 Å². The van der Waals surface area contributed by atoms with Crippen LogP contribution in [0.2, 0.25) is 0 Å². The summed E-state index contributed by atoms with van der Waals surface area (Å²) in [6, 6.07) is 6.24. The molecule has 0 bridgehead atoms. The molecule has 0 spiro atoms. The quantitative estimate of drug-likeness (QED) is 0.799. The van der Waals surface area contributed by atoms with Gasteiger partial charge < -0.3 is 14.8 Å². The predicted molar refractivity (Wildman–Crippen MR) is 88.3 cm³/mol. The lowest BCUT2D eigenvalue weighted by molar-refractivity contribution is 0.0943. The van der Waals surface area contributed by atoms with Crippen molar-refractivity contribution in [2.24, 2.45) is 0 Å². The van der Waals surface area contributed by atoms with E-state index in [0.717, 1.165) is 24.6 Å². The minimum atomic E-state index is -0.0182. The fourth-order valence-electron chi connectivity index (χ4n) is 3.15. The van der Waals surface area contributed by atoms with E-state index in [1.54, 1.807) is 14.2 Å². The van der Waals surface area contributed by atoms with Crippen LogP contribution in [0.5, 0.6) is 11.5 Å². The van der Waals surface area contributed by atoms with Gasteiger partial charge in [-0.1, -0.05) is 13.8 Å². The van der Waals surface area contributed by atoms with Crippen molar-refractivity contribution in [3.8, 4) is 11.5 Å². The van der Waals surface area contributed by atoms with Crippen LogP contribution in [-0.4, -0.2) is 44.8 Å². The van der Waals surface area contributed by atoms with Crippen molar-refractivity contribution in [1.29, 1.82) is 0 Å². The molecule has 4 heteroatoms. The van der Waals surface area contributed by atoms with Crippen LogP contribution in [0.1, 0.15) is 39.3 Å². The van der Waals surface area contributed by atoms with Gasteiger partial charge in [0.25, 0.3) is 0 Å². The Bertz CT molecular complexity index is 420. The Kier molecular flexibility index (Phi) is 6.49. The second-order valence-corrected chi connectivity index (χ2v) is 5.69. The molecule has 4 nitrogen and oxygen atoms in total. The maximum absolute atomic E-state index is 5.40. The summed E-state index contributed by atoms with van der Waals surface area (Å²) in [4.78, 5) is 2.46. The van der Waals surface area contributed by atoms with Crippen LogP contribution < -0.4 is 14.8 Å². The second-order valence-electron chi connectivity index (χ2n) is 5.69. The average Bonchev–Trinajstić information content (AvgIpc) is 2.48. The van der Waals surface area contributed by atoms with E-state index in [9.17, 15) is 0 Å². The van der Waals surface area contributed by atoms with Crippen LogP contribution in [0.3, 0.4) is 0 Å². The molecule has 0 saturated heterocycles. The lowest BCUT2D eigenvalue weighted by atomic mass is 9.86. The SMILES string of the molecule is CCN(CC)C(C)(C)C(NC)c1cc(OC)cc(OC)c1. The molecule has 1 N–H and O–H groups in total. The van der Waals surface area contributed by atoms with E-state index in [0.29, 0.717) is 0 Å². The number of nitrogens with zero attached hydrogens (tertiary/aromatic N) is 1. The first-order valence-electron chi connectivity index (χ1n) is 7.59. The first-order chi connectivity index (χ1) is 9.94. The minimum absolute atomic E-state index is 0.0182. The molecule has 0 aliphatic carbocycles. The maximum atomic E-state index is 5.40. The molecule has 1 atom stereocenters. The van der Waals surface area contributed by atoms with Gasteiger partial charge in [0.1, 0.15) is 11.5 Å². The summed E-state index contributed by atoms with van der Waals surface area (Å²) in [7, 11) is 5.37. The molecule has 120 valence electrons. The Hall–Kier alpha value is -1.26. The summed E-state index contributed by atoms with van der Waals surface area (Å²) in [5, 5.41) is 3.46. The summed E-state index contributed by atoms with van der Waals surface area (Å²) in [6.07, 6.45) is 0. The van der Waals surface area contributed by atoms with Crippen LogP contribution in [-0.2, 0) is 0 Å². The molecule has 0 amide bonds. The van der Waals surface area contributed by atoms with E-state index in [1.165, 1.54) is 5.56 Å². The Balaban J connectivity index is 3.25. The Morgan fingerprint density at radius 2 is 1.52 bits per heavy atom. The first-order valence-corrected chi connectivity index (χ1v) is 7.59. The van der Waals surface area contributed by atoms with Gasteiger partial charge >= 0.3 is 0 Å². The molecule has 1 aromatic rings. The molecule has 0 saturated carbocycles. The number of ether oxygens (including phenoxy) is 2. The van der Waals surface area contributed by atoms with Crippen LogP contribution in [0, 0.1) is 0 Å². The van der Waals surface area contributed by atoms with Gasteiger partial charge in [-0.25, -0.2) is 0 Å². The first kappa shape index (κ1) is 17.8. The normalized spacial score (nSPS) is 13.3. The predicted octanol–water partition coefficient (Wildman–Crippen LogP) is 3.08. The standard InChI is InChI=1S/C17H30N2O2/c1-8-19(9-2)17(3,4)16(18-5)13-10-14(20-6)12-15(11-13)21-7/h10-12,16,18H,8-9H2,1-7H3. The molecule has 1 aromatic carbocycles. The van der Waals surface area contributed by atoms with Crippen molar-refractivity contribution in [2.75, 3.05) is 34.4 Å². The number of methoxy groups -OCH3 is 2. The number of nitrogens with one attached hydrogen (secondary N) is 1. The molecule has 1 rings (SSSR count). The van der Waals surface area contributed by atoms with Crippen molar-refractivity contribution in [3.05, 3.63) is 23.8 Å². The van der Waals surface area contributed by atoms with Gasteiger partial charge in [-0.05, 0) is 51.7 Å². The summed E-state index contributed by atoms with van der Waals surface area (Å²) in [5.74, 6) is 1.64. The van der Waals surface area contributed by atoms with Gasteiger partial charge in [-0.2, -0.15) is 0 Å². The van der Waals surface area contributed by atoms with Crippen molar-refractivity contribution < 1.29 is 9.47 Å². The molecule has 0 aliphatic rings. The molecule has 0 radical (unpaired) electrons. The lowest BCUT2D eigenvalue weighted by Gasteiger charge is -2.43. The fraction of sp³-hybridized carbons (Fsp3) is 0.647. The van der Waals surface area contributed by atoms with Gasteiger partial charge in [-0.15, -0.1) is 0 Å². The highest BCUT2D eigenvalue weighted by molar-refractivity contribution is 5.40. The monoisotopic (exact) mass is 294 g/mol. The lowest BCUT2D eigenvalue weighted by Crippen LogP contribution is -2.51. The number of benzene rings is 1. The fourth-order valence-corrected chi connectivity index (χ4v) is 3.15. The zero-order chi connectivity index (χ0) is 16.0. The smallest absolute Gasteiger partial charge is 0.122 e. The zero-order valence-corrected chi connectivity index (χ0v) is 14.5. The number of hydrogen-bond donors (Lipinski definition) is 1. The van der Waals surface area contributed by atoms with E-state index >= 15 is 0 Å². The highest BCUT2D eigenvalue weighted by Gasteiger charge is 2.34. The largest absolute Gasteiger partial charge is 0.497 e. The number of rotatable bonds is 8. The van der Waals surface area contributed by atoms with E-state index in [1.807, 2.05) is 13.1 Å². The van der Waals surface area contributed by atoms with Crippen LogP contribution in [0.25, 0.3) is 0 Å². The minimum Gasteiger partial charge on any atom is -0.497 e. The molecular formula is C17H30N2O2. The third-order valence-electron chi connectivity index (χ3n) is 4.28. The van der Waals surface area contributed by atoms with E-state index in [2.05, 4.69) is 50.0 Å². The van der Waals surface area contributed by atoms with Gasteiger partial charge in [0.15, 0.2) is 0 Å². The summed E-state index contributed by atoms with van der Waals surface area (Å²) in [6.45, 7) is 11.0. The van der Waals surface area contributed by atoms with Gasteiger partial charge in [0, 0.05) is 11.6 Å². The summed E-state index contributed by atoms with van der Waals surface area (Å²) >= 11 is 0. The number of hydrogen-bond acceptors (Lipinski definition) is 4. The third kappa shape index (κ3) is 3.89. The Labute approximate surface area is 129 Å². The van der Waals surface area contributed by atoms with Crippen LogP contribution >= 0.6 is 0 Å². The van der Waals surface area contributed by atoms with Crippen LogP contribution in [0.15, 0.2) is 18.2 Å². The zero-order valence-electron chi connectivity index (χ0n) is 14.5. The second kappa shape index (κ2) is 7.66. The average molecular weight is 294 g/mol. The summed E-state index contributed by atoms with van der Waals surface area (Å²) in [5.41, 5.74) is 1.15. The van der Waals surface area contributed by atoms with E-state index in [4.69, 9.17) is 9.47 Å². The van der Waals surface area contributed by atoms with Crippen molar-refractivity contribution in [3.63, 3.8) is 0 Å². The molecular weight excluding hydrogens is 264 g/mol. The molecule has 0 fully saturated rings. The third-order valence-corrected chi connectivity index (χ3v) is 4.28. The molecule has 21 heavy (non-hydrogen) atoms. The van der Waals surface area contributed by atoms with Crippen LogP contribution in [0.4, 0.5) is 0 Å². The Morgan fingerprint density at radius 3 is 1.86 bits per heavy atom. The molecule has 1 unspecified atom stereocenters. The molecule has 0 aliphatic heterocycles. The summed E-state index contributed by atoms with van der Waals surface area (Å²) < 4.78 is 10.8. The molecule has 0 aromatic heterocycles.